The maximum Gasteiger partial charge on any atom is 0.220 e. The van der Waals surface area contributed by atoms with Crippen molar-refractivity contribution in [1.29, 1.82) is 0 Å². The third-order valence-corrected chi connectivity index (χ3v) is 4.32. The molecule has 1 aromatic rings. The minimum Gasteiger partial charge on any atom is -0.355 e. The van der Waals surface area contributed by atoms with Crippen LogP contribution in [0.2, 0.25) is 5.02 Å². The van der Waals surface area contributed by atoms with Crippen LogP contribution in [0.3, 0.4) is 0 Å². The number of halogens is 1. The van der Waals surface area contributed by atoms with Gasteiger partial charge in [0.2, 0.25) is 15.9 Å². The Labute approximate surface area is 118 Å². The van der Waals surface area contributed by atoms with E-state index in [1.807, 2.05) is 18.2 Å². The Kier molecular flexibility index (Phi) is 6.27. The molecule has 0 aliphatic rings. The van der Waals surface area contributed by atoms with Gasteiger partial charge in [0, 0.05) is 18.0 Å². The normalized spacial score (nSPS) is 11.3. The highest BCUT2D eigenvalue weighted by molar-refractivity contribution is 7.89. The van der Waals surface area contributed by atoms with Gasteiger partial charge >= 0.3 is 0 Å². The number of hydrogen-bond donors (Lipinski definition) is 2. The van der Waals surface area contributed by atoms with Gasteiger partial charge in [-0.05, 0) is 25.1 Å². The first-order valence-electron chi connectivity index (χ1n) is 5.86. The van der Waals surface area contributed by atoms with E-state index in [1.54, 1.807) is 6.07 Å². The lowest BCUT2D eigenvalue weighted by molar-refractivity contribution is -0.120. The molecule has 1 amide bonds. The van der Waals surface area contributed by atoms with E-state index in [-0.39, 0.29) is 24.6 Å². The van der Waals surface area contributed by atoms with Crippen molar-refractivity contribution in [2.24, 2.45) is 0 Å². The molecule has 1 aromatic carbocycles. The third kappa shape index (κ3) is 6.04. The molecule has 0 unspecified atom stereocenters. The molecule has 5 nitrogen and oxygen atoms in total. The van der Waals surface area contributed by atoms with E-state index >= 15 is 0 Å². The number of hydrogen-bond acceptors (Lipinski definition) is 3. The molecule has 0 fully saturated rings. The fourth-order valence-corrected chi connectivity index (χ4v) is 2.27. The van der Waals surface area contributed by atoms with Crippen molar-refractivity contribution in [3.63, 3.8) is 0 Å². The third-order valence-electron chi connectivity index (χ3n) is 2.58. The Hall–Kier alpha value is -1.11. The second-order valence-corrected chi connectivity index (χ2v) is 6.42. The number of benzene rings is 1. The van der Waals surface area contributed by atoms with Gasteiger partial charge in [-0.2, -0.15) is 0 Å². The van der Waals surface area contributed by atoms with Gasteiger partial charge in [-0.15, -0.1) is 0 Å². The van der Waals surface area contributed by atoms with Crippen molar-refractivity contribution >= 4 is 27.5 Å². The highest BCUT2D eigenvalue weighted by Crippen LogP contribution is 2.16. The van der Waals surface area contributed by atoms with Crippen molar-refractivity contribution in [2.45, 2.75) is 12.8 Å². The highest BCUT2D eigenvalue weighted by atomic mass is 35.5. The van der Waals surface area contributed by atoms with Gasteiger partial charge in [0.1, 0.15) is 0 Å². The summed E-state index contributed by atoms with van der Waals surface area (Å²) in [4.78, 5) is 11.5. The summed E-state index contributed by atoms with van der Waals surface area (Å²) in [6.07, 6.45) is 0.813. The zero-order valence-electron chi connectivity index (χ0n) is 10.6. The molecule has 0 radical (unpaired) electrons. The Morgan fingerprint density at radius 2 is 2.00 bits per heavy atom. The molecule has 0 saturated carbocycles. The Bertz CT molecular complexity index is 532. The van der Waals surface area contributed by atoms with Crippen LogP contribution in [0.5, 0.6) is 0 Å². The van der Waals surface area contributed by atoms with Gasteiger partial charge in [-0.3, -0.25) is 4.79 Å². The summed E-state index contributed by atoms with van der Waals surface area (Å²) < 4.78 is 24.4. The topological polar surface area (TPSA) is 75.3 Å². The molecule has 7 heteroatoms. The average Bonchev–Trinajstić information content (AvgIpc) is 2.37. The first-order valence-corrected chi connectivity index (χ1v) is 7.89. The molecule has 0 spiro atoms. The van der Waals surface area contributed by atoms with Gasteiger partial charge in [0.05, 0.1) is 5.75 Å². The number of carbonyl (C=O) groups is 1. The van der Waals surface area contributed by atoms with Crippen LogP contribution in [0.4, 0.5) is 0 Å². The predicted molar refractivity (Wildman–Crippen MR) is 75.6 cm³/mol. The van der Waals surface area contributed by atoms with Crippen LogP contribution < -0.4 is 10.0 Å². The van der Waals surface area contributed by atoms with Gasteiger partial charge in [0.25, 0.3) is 0 Å². The number of sulfonamides is 1. The van der Waals surface area contributed by atoms with Crippen molar-refractivity contribution in [3.8, 4) is 0 Å². The summed E-state index contributed by atoms with van der Waals surface area (Å²) in [6, 6.07) is 7.32. The van der Waals surface area contributed by atoms with Crippen LogP contribution >= 0.6 is 11.6 Å². The summed E-state index contributed by atoms with van der Waals surface area (Å²) in [7, 11) is -1.93. The minimum atomic E-state index is -3.27. The summed E-state index contributed by atoms with van der Waals surface area (Å²) in [5, 5.41) is 3.19. The molecule has 0 aliphatic heterocycles. The number of carbonyl (C=O) groups excluding carboxylic acids is 1. The smallest absolute Gasteiger partial charge is 0.220 e. The molecule has 0 saturated heterocycles. The Morgan fingerprint density at radius 3 is 2.63 bits per heavy atom. The molecule has 0 aliphatic carbocycles. The number of nitrogens with one attached hydrogen (secondary N) is 2. The standard InChI is InChI=1S/C12H17ClN2O3S/c1-14-19(17,18)9-8-15-12(16)7-6-10-4-2-3-5-11(10)13/h2-5,14H,6-9H2,1H3,(H,15,16). The average molecular weight is 305 g/mol. The summed E-state index contributed by atoms with van der Waals surface area (Å²) in [5.74, 6) is -0.312. The van der Waals surface area contributed by atoms with E-state index in [2.05, 4.69) is 10.0 Å². The predicted octanol–water partition coefficient (Wildman–Crippen LogP) is 0.938. The van der Waals surface area contributed by atoms with Crippen molar-refractivity contribution < 1.29 is 13.2 Å². The maximum absolute atomic E-state index is 11.5. The van der Waals surface area contributed by atoms with Crippen LogP contribution in [0.1, 0.15) is 12.0 Å². The van der Waals surface area contributed by atoms with Crippen LogP contribution in [-0.2, 0) is 21.2 Å². The molecule has 106 valence electrons. The lowest BCUT2D eigenvalue weighted by atomic mass is 10.1. The fourth-order valence-electron chi connectivity index (χ4n) is 1.46. The van der Waals surface area contributed by atoms with E-state index in [0.717, 1.165) is 5.56 Å². The fraction of sp³-hybridized carbons (Fsp3) is 0.417. The number of amides is 1. The molecule has 0 aromatic heterocycles. The monoisotopic (exact) mass is 304 g/mol. The molecule has 1 rings (SSSR count). The lowest BCUT2D eigenvalue weighted by Gasteiger charge is -2.06. The van der Waals surface area contributed by atoms with Gasteiger partial charge < -0.3 is 5.32 Å². The van der Waals surface area contributed by atoms with Gasteiger partial charge in [0.15, 0.2) is 0 Å². The van der Waals surface area contributed by atoms with Crippen LogP contribution in [0, 0.1) is 0 Å². The van der Waals surface area contributed by atoms with Crippen molar-refractivity contribution in [2.75, 3.05) is 19.3 Å². The zero-order chi connectivity index (χ0) is 14.3. The molecular weight excluding hydrogens is 288 g/mol. The molecule has 0 bridgehead atoms. The van der Waals surface area contributed by atoms with E-state index in [1.165, 1.54) is 7.05 Å². The molecular formula is C12H17ClN2O3S. The molecule has 2 N–H and O–H groups in total. The van der Waals surface area contributed by atoms with Crippen LogP contribution in [-0.4, -0.2) is 33.7 Å². The van der Waals surface area contributed by atoms with E-state index in [9.17, 15) is 13.2 Å². The molecule has 19 heavy (non-hydrogen) atoms. The Morgan fingerprint density at radius 1 is 1.32 bits per heavy atom. The zero-order valence-corrected chi connectivity index (χ0v) is 12.2. The Balaban J connectivity index is 2.31. The van der Waals surface area contributed by atoms with E-state index in [4.69, 9.17) is 11.6 Å². The lowest BCUT2D eigenvalue weighted by Crippen LogP contribution is -2.33. The van der Waals surface area contributed by atoms with Crippen LogP contribution in [0.15, 0.2) is 24.3 Å². The quantitative estimate of drug-likeness (QED) is 0.787. The van der Waals surface area contributed by atoms with Crippen molar-refractivity contribution in [3.05, 3.63) is 34.9 Å². The second-order valence-electron chi connectivity index (χ2n) is 3.96. The first-order chi connectivity index (χ1) is 8.94. The molecule has 0 atom stereocenters. The summed E-state index contributed by atoms with van der Waals surface area (Å²) in [6.45, 7) is 0.102. The maximum atomic E-state index is 11.5. The largest absolute Gasteiger partial charge is 0.355 e. The van der Waals surface area contributed by atoms with Gasteiger partial charge in [-0.25, -0.2) is 13.1 Å². The first kappa shape index (κ1) is 15.9. The highest BCUT2D eigenvalue weighted by Gasteiger charge is 2.08. The molecule has 0 heterocycles. The second kappa shape index (κ2) is 7.47. The minimum absolute atomic E-state index is 0.102. The number of rotatable bonds is 7. The van der Waals surface area contributed by atoms with Crippen LogP contribution in [0.25, 0.3) is 0 Å². The summed E-state index contributed by atoms with van der Waals surface area (Å²) >= 11 is 5.97. The van der Waals surface area contributed by atoms with E-state index in [0.29, 0.717) is 11.4 Å². The SMILES string of the molecule is CNS(=O)(=O)CCNC(=O)CCc1ccccc1Cl. The number of aryl methyl sites for hydroxylation is 1. The van der Waals surface area contributed by atoms with Crippen molar-refractivity contribution in [1.82, 2.24) is 10.0 Å². The van der Waals surface area contributed by atoms with E-state index < -0.39 is 10.0 Å². The summed E-state index contributed by atoms with van der Waals surface area (Å²) in [5.41, 5.74) is 0.905. The van der Waals surface area contributed by atoms with Gasteiger partial charge in [-0.1, -0.05) is 29.8 Å².